The maximum atomic E-state index is 14.7. The predicted molar refractivity (Wildman–Crippen MR) is 170 cm³/mol. The number of piperidine rings is 1. The fourth-order valence-corrected chi connectivity index (χ4v) is 10.3. The van der Waals surface area contributed by atoms with Crippen LogP contribution in [0.15, 0.2) is 48.7 Å². The third-order valence-electron chi connectivity index (χ3n) is 9.43. The largest absolute Gasteiger partial charge is 0.432 e. The van der Waals surface area contributed by atoms with Crippen LogP contribution in [0.5, 0.6) is 0 Å². The minimum Gasteiger partial charge on any atom is -0.432 e. The van der Waals surface area contributed by atoms with Crippen molar-refractivity contribution in [3.05, 3.63) is 70.5 Å². The molecule has 4 atom stereocenters. The number of hydrogen-bond acceptors (Lipinski definition) is 7. The van der Waals surface area contributed by atoms with Crippen molar-refractivity contribution >= 4 is 43.1 Å². The molecule has 0 unspecified atom stereocenters. The predicted octanol–water partition coefficient (Wildman–Crippen LogP) is 4.42. The van der Waals surface area contributed by atoms with Crippen LogP contribution in [0.4, 0.5) is 11.4 Å². The number of anilines is 2. The Morgan fingerprint density at radius 1 is 1.16 bits per heavy atom. The number of halogens is 1. The van der Waals surface area contributed by atoms with E-state index in [0.717, 1.165) is 35.3 Å². The number of rotatable bonds is 9. The van der Waals surface area contributed by atoms with Crippen molar-refractivity contribution in [3.63, 3.8) is 0 Å². The van der Waals surface area contributed by atoms with Gasteiger partial charge in [-0.05, 0) is 68.3 Å². The summed E-state index contributed by atoms with van der Waals surface area (Å²) in [4.78, 5) is 42.5. The van der Waals surface area contributed by atoms with Crippen LogP contribution >= 0.6 is 11.6 Å². The van der Waals surface area contributed by atoms with E-state index >= 15 is 0 Å². The number of aryl methyl sites for hydroxylation is 1. The van der Waals surface area contributed by atoms with Gasteiger partial charge in [0.15, 0.2) is 13.9 Å². The highest BCUT2D eigenvalue weighted by molar-refractivity contribution is 6.71. The highest BCUT2D eigenvalue weighted by atomic mass is 35.5. The number of aromatic nitrogens is 3. The second-order valence-corrected chi connectivity index (χ2v) is 17.2. The molecule has 10 nitrogen and oxygen atoms in total. The molecule has 2 saturated heterocycles. The van der Waals surface area contributed by atoms with Crippen molar-refractivity contribution in [2.45, 2.75) is 82.5 Å². The Hall–Kier alpha value is -3.09. The summed E-state index contributed by atoms with van der Waals surface area (Å²) >= 11 is 6.54. The summed E-state index contributed by atoms with van der Waals surface area (Å²) in [6.07, 6.45) is 4.81. The van der Waals surface area contributed by atoms with E-state index in [2.05, 4.69) is 10.3 Å². The Balaban J connectivity index is 1.32. The van der Waals surface area contributed by atoms with Crippen molar-refractivity contribution < 1.29 is 24.2 Å². The van der Waals surface area contributed by atoms with Crippen LogP contribution in [0.25, 0.3) is 0 Å². The van der Waals surface area contributed by atoms with Crippen molar-refractivity contribution in [1.82, 2.24) is 15.0 Å². The molecule has 0 bridgehead atoms. The van der Waals surface area contributed by atoms with E-state index < -0.39 is 20.0 Å². The molecule has 2 aromatic carbocycles. The van der Waals surface area contributed by atoms with Gasteiger partial charge < -0.3 is 24.4 Å². The number of nitrogens with zero attached hydrogens (tertiary/aromatic N) is 5. The van der Waals surface area contributed by atoms with Gasteiger partial charge in [-0.25, -0.2) is 0 Å². The van der Waals surface area contributed by atoms with Gasteiger partial charge in [0.1, 0.15) is 0 Å². The van der Waals surface area contributed by atoms with Gasteiger partial charge in [-0.3, -0.25) is 14.3 Å². The molecular formula is C32H40ClN5O5Si. The highest BCUT2D eigenvalue weighted by Gasteiger charge is 2.66. The Bertz CT molecular complexity index is 1560. The van der Waals surface area contributed by atoms with Gasteiger partial charge in [-0.1, -0.05) is 35.9 Å². The van der Waals surface area contributed by atoms with Crippen molar-refractivity contribution in [2.24, 2.45) is 5.92 Å². The van der Waals surface area contributed by atoms with E-state index in [1.165, 1.54) is 0 Å². The van der Waals surface area contributed by atoms with Crippen LogP contribution in [-0.4, -0.2) is 64.3 Å². The van der Waals surface area contributed by atoms with Crippen LogP contribution in [0, 0.1) is 5.92 Å². The van der Waals surface area contributed by atoms with E-state index in [1.54, 1.807) is 15.6 Å². The van der Waals surface area contributed by atoms with E-state index in [9.17, 15) is 19.5 Å². The molecule has 234 valence electrons. The van der Waals surface area contributed by atoms with Crippen LogP contribution in [0.2, 0.25) is 23.7 Å². The summed E-state index contributed by atoms with van der Waals surface area (Å²) in [6.45, 7) is 7.32. The van der Waals surface area contributed by atoms with E-state index in [1.807, 2.05) is 67.5 Å². The van der Waals surface area contributed by atoms with E-state index in [4.69, 9.17) is 16.3 Å². The monoisotopic (exact) mass is 637 g/mol. The molecule has 3 aliphatic rings. The molecule has 44 heavy (non-hydrogen) atoms. The summed E-state index contributed by atoms with van der Waals surface area (Å²) in [5, 5.41) is 18.1. The van der Waals surface area contributed by atoms with Crippen LogP contribution in [0.3, 0.4) is 0 Å². The summed E-state index contributed by atoms with van der Waals surface area (Å²) in [5.41, 5.74) is 2.40. The molecule has 0 aliphatic carbocycles. The van der Waals surface area contributed by atoms with Crippen molar-refractivity contribution in [2.75, 3.05) is 23.0 Å². The lowest BCUT2D eigenvalue weighted by Gasteiger charge is -2.32. The fourth-order valence-electron chi connectivity index (χ4n) is 7.50. The molecule has 0 radical (unpaired) electrons. The maximum absolute atomic E-state index is 14.7. The number of amides is 2. The van der Waals surface area contributed by atoms with Gasteiger partial charge in [0.05, 0.1) is 24.0 Å². The molecule has 2 amide bonds. The Morgan fingerprint density at radius 3 is 2.73 bits per heavy atom. The molecule has 4 heterocycles. The molecule has 3 aliphatic heterocycles. The summed E-state index contributed by atoms with van der Waals surface area (Å²) in [6, 6.07) is 13.3. The zero-order valence-corrected chi connectivity index (χ0v) is 27.2. The summed E-state index contributed by atoms with van der Waals surface area (Å²) < 4.78 is 8.63. The zero-order valence-electron chi connectivity index (χ0n) is 25.4. The topological polar surface area (TPSA) is 121 Å². The van der Waals surface area contributed by atoms with Gasteiger partial charge in [0, 0.05) is 66.5 Å². The number of carbonyl (C=O) groups is 2. The molecule has 1 aromatic heterocycles. The zero-order chi connectivity index (χ0) is 31.2. The third kappa shape index (κ3) is 5.49. The van der Waals surface area contributed by atoms with Gasteiger partial charge in [0.2, 0.25) is 5.91 Å². The Labute approximate surface area is 263 Å². The molecule has 2 N–H and O–H groups in total. The number of ether oxygens (including phenoxy) is 1. The van der Waals surface area contributed by atoms with Crippen LogP contribution in [-0.2, 0) is 39.4 Å². The highest BCUT2D eigenvalue weighted by Crippen LogP contribution is 2.60. The quantitative estimate of drug-likeness (QED) is 0.333. The standard InChI is InChI=1S/C32H40ClN5O5Si/c1-21-30(44(2,3)42)28(12-15-36-20-24(13-16-39)34-35-36)43-32(21)26-18-23(33)10-11-27(26)38(31(32)41)19-22-7-6-8-25(17-22)37-14-5-4-9-29(37)40/h6-8,10-11,17-18,20-21,28,30,39,42H,4-5,9,12-16,19H2,1-3H3/t21-,28+,30-,32+/m1/s1. The number of aliphatic hydroxyl groups excluding tert-OH is 1. The molecule has 6 rings (SSSR count). The van der Waals surface area contributed by atoms with Gasteiger partial charge in [-0.15, -0.1) is 5.10 Å². The number of hydrogen-bond donors (Lipinski definition) is 2. The Morgan fingerprint density at radius 2 is 1.98 bits per heavy atom. The van der Waals surface area contributed by atoms with Crippen LogP contribution in [0.1, 0.15) is 49.4 Å². The second kappa shape index (κ2) is 12.0. The van der Waals surface area contributed by atoms with E-state index in [-0.39, 0.29) is 29.9 Å². The number of fused-ring (bicyclic) bond motifs is 2. The lowest BCUT2D eigenvalue weighted by atomic mass is 9.82. The first kappa shape index (κ1) is 30.9. The molecule has 2 fully saturated rings. The van der Waals surface area contributed by atoms with Gasteiger partial charge in [0.25, 0.3) is 5.91 Å². The maximum Gasteiger partial charge on any atom is 0.264 e. The SMILES string of the molecule is C[C@@H]1[C@@H]([Si](C)(C)O)[C@H](CCn2cc(CCO)nn2)O[C@@]12C(=O)N(Cc1cccc(N3CCCCC3=O)c1)c1ccc(Cl)cc12. The number of carbonyl (C=O) groups excluding carboxylic acids is 2. The first-order valence-electron chi connectivity index (χ1n) is 15.4. The molecule has 1 spiro atoms. The summed E-state index contributed by atoms with van der Waals surface area (Å²) in [7, 11) is -2.83. The Kier molecular flexibility index (Phi) is 8.44. The minimum absolute atomic E-state index is 0.00189. The van der Waals surface area contributed by atoms with Crippen molar-refractivity contribution in [3.8, 4) is 0 Å². The molecular weight excluding hydrogens is 598 g/mol. The minimum atomic E-state index is -2.83. The smallest absolute Gasteiger partial charge is 0.264 e. The van der Waals surface area contributed by atoms with Gasteiger partial charge in [-0.2, -0.15) is 0 Å². The first-order chi connectivity index (χ1) is 21.0. The molecule has 0 saturated carbocycles. The van der Waals surface area contributed by atoms with Gasteiger partial charge >= 0.3 is 0 Å². The average molecular weight is 638 g/mol. The van der Waals surface area contributed by atoms with Crippen molar-refractivity contribution in [1.29, 1.82) is 0 Å². The average Bonchev–Trinajstić information content (AvgIpc) is 3.62. The molecule has 3 aromatic rings. The molecule has 12 heteroatoms. The first-order valence-corrected chi connectivity index (χ1v) is 18.8. The third-order valence-corrected chi connectivity index (χ3v) is 12.2. The lowest BCUT2D eigenvalue weighted by molar-refractivity contribution is -0.146. The van der Waals surface area contributed by atoms with E-state index in [0.29, 0.717) is 49.6 Å². The fraction of sp³-hybridized carbons (Fsp3) is 0.500. The number of aliphatic hydroxyl groups is 1. The number of benzene rings is 2. The lowest BCUT2D eigenvalue weighted by Crippen LogP contribution is -2.46. The summed E-state index contributed by atoms with van der Waals surface area (Å²) in [5.74, 6) is -0.355. The normalized spacial score (nSPS) is 25.4. The second-order valence-electron chi connectivity index (χ2n) is 12.8. The van der Waals surface area contributed by atoms with Crippen LogP contribution < -0.4 is 9.80 Å².